The van der Waals surface area contributed by atoms with Crippen molar-refractivity contribution in [1.29, 1.82) is 0 Å². The van der Waals surface area contributed by atoms with Gasteiger partial charge in [-0.1, -0.05) is 20.8 Å². The van der Waals surface area contributed by atoms with E-state index in [9.17, 15) is 0 Å². The van der Waals surface area contributed by atoms with E-state index in [0.29, 0.717) is 5.92 Å². The van der Waals surface area contributed by atoms with Crippen molar-refractivity contribution in [3.05, 3.63) is 12.2 Å². The van der Waals surface area contributed by atoms with E-state index < -0.39 is 0 Å². The molecule has 1 aliphatic heterocycles. The van der Waals surface area contributed by atoms with Crippen molar-refractivity contribution >= 4 is 0 Å². The number of rotatable bonds is 5. The van der Waals surface area contributed by atoms with Crippen molar-refractivity contribution in [2.75, 3.05) is 6.54 Å². The van der Waals surface area contributed by atoms with Crippen molar-refractivity contribution < 1.29 is 0 Å². The highest BCUT2D eigenvalue weighted by molar-refractivity contribution is 5.03. The number of hydrogen-bond donors (Lipinski definition) is 1. The summed E-state index contributed by atoms with van der Waals surface area (Å²) >= 11 is 0. The first-order chi connectivity index (χ1) is 8.18. The minimum atomic E-state index is 0.235. The van der Waals surface area contributed by atoms with Crippen molar-refractivity contribution in [2.45, 2.75) is 58.5 Å². The molecular weight excluding hydrogens is 212 g/mol. The second kappa shape index (κ2) is 5.17. The Hall–Kier alpha value is -0.900. The lowest BCUT2D eigenvalue weighted by molar-refractivity contribution is 0.260. The first kappa shape index (κ1) is 12.6. The van der Waals surface area contributed by atoms with Gasteiger partial charge in [-0.2, -0.15) is 5.10 Å². The van der Waals surface area contributed by atoms with Gasteiger partial charge in [-0.15, -0.1) is 0 Å². The van der Waals surface area contributed by atoms with Crippen LogP contribution in [0.2, 0.25) is 0 Å². The summed E-state index contributed by atoms with van der Waals surface area (Å²) in [5.41, 5.74) is 0.235. The molecule has 1 saturated heterocycles. The highest BCUT2D eigenvalue weighted by atomic mass is 15.3. The third-order valence-corrected chi connectivity index (χ3v) is 3.99. The van der Waals surface area contributed by atoms with Crippen LogP contribution in [0, 0.1) is 5.92 Å². The molecular formula is C13H24N4. The molecule has 17 heavy (non-hydrogen) atoms. The molecule has 2 rings (SSSR count). The summed E-state index contributed by atoms with van der Waals surface area (Å²) in [5, 5.41) is 8.01. The summed E-state index contributed by atoms with van der Waals surface area (Å²) < 4.78 is 2.06. The zero-order valence-corrected chi connectivity index (χ0v) is 11.2. The van der Waals surface area contributed by atoms with Crippen LogP contribution in [0.15, 0.2) is 6.33 Å². The highest BCUT2D eigenvalue weighted by Gasteiger charge is 2.37. The SMILES string of the molecule is CCCn1ncnc1CC1(C(C)C)CCCN1. The van der Waals surface area contributed by atoms with Gasteiger partial charge >= 0.3 is 0 Å². The molecule has 1 atom stereocenters. The quantitative estimate of drug-likeness (QED) is 0.850. The van der Waals surface area contributed by atoms with Gasteiger partial charge in [0, 0.05) is 18.5 Å². The molecule has 0 bridgehead atoms. The van der Waals surface area contributed by atoms with E-state index >= 15 is 0 Å². The molecule has 1 aromatic rings. The Morgan fingerprint density at radius 3 is 2.94 bits per heavy atom. The largest absolute Gasteiger partial charge is 0.311 e. The molecule has 4 nitrogen and oxygen atoms in total. The topological polar surface area (TPSA) is 42.7 Å². The van der Waals surface area contributed by atoms with Crippen molar-refractivity contribution in [3.63, 3.8) is 0 Å². The third kappa shape index (κ3) is 2.51. The van der Waals surface area contributed by atoms with Crippen LogP contribution < -0.4 is 5.32 Å². The molecule has 1 aromatic heterocycles. The molecule has 0 spiro atoms. The summed E-state index contributed by atoms with van der Waals surface area (Å²) in [6, 6.07) is 0. The summed E-state index contributed by atoms with van der Waals surface area (Å²) in [6.45, 7) is 8.90. The zero-order valence-electron chi connectivity index (χ0n) is 11.2. The van der Waals surface area contributed by atoms with E-state index in [2.05, 4.69) is 40.9 Å². The Balaban J connectivity index is 2.14. The van der Waals surface area contributed by atoms with Gasteiger partial charge in [0.15, 0.2) is 0 Å². The summed E-state index contributed by atoms with van der Waals surface area (Å²) in [5.74, 6) is 1.77. The monoisotopic (exact) mass is 236 g/mol. The van der Waals surface area contributed by atoms with E-state index in [1.165, 1.54) is 12.8 Å². The lowest BCUT2D eigenvalue weighted by Gasteiger charge is -2.33. The average molecular weight is 236 g/mol. The second-order valence-electron chi connectivity index (χ2n) is 5.42. The van der Waals surface area contributed by atoms with Gasteiger partial charge in [0.25, 0.3) is 0 Å². The third-order valence-electron chi connectivity index (χ3n) is 3.99. The van der Waals surface area contributed by atoms with E-state index in [0.717, 1.165) is 31.8 Å². The maximum Gasteiger partial charge on any atom is 0.138 e. The molecule has 4 heteroatoms. The van der Waals surface area contributed by atoms with Crippen LogP contribution in [0.4, 0.5) is 0 Å². The molecule has 1 N–H and O–H groups in total. The Morgan fingerprint density at radius 2 is 2.35 bits per heavy atom. The highest BCUT2D eigenvalue weighted by Crippen LogP contribution is 2.30. The minimum Gasteiger partial charge on any atom is -0.311 e. The molecule has 96 valence electrons. The molecule has 1 unspecified atom stereocenters. The number of nitrogens with one attached hydrogen (secondary N) is 1. The van der Waals surface area contributed by atoms with Crippen LogP contribution in [0.5, 0.6) is 0 Å². The van der Waals surface area contributed by atoms with Crippen LogP contribution in [0.3, 0.4) is 0 Å². The van der Waals surface area contributed by atoms with Gasteiger partial charge in [-0.25, -0.2) is 4.98 Å². The van der Waals surface area contributed by atoms with Crippen LogP contribution >= 0.6 is 0 Å². The molecule has 0 aromatic carbocycles. The van der Waals surface area contributed by atoms with Crippen LogP contribution in [-0.4, -0.2) is 26.8 Å². The van der Waals surface area contributed by atoms with Gasteiger partial charge in [0.2, 0.25) is 0 Å². The fourth-order valence-corrected chi connectivity index (χ4v) is 2.78. The molecule has 1 fully saturated rings. The molecule has 0 aliphatic carbocycles. The van der Waals surface area contributed by atoms with Crippen LogP contribution in [0.1, 0.15) is 45.9 Å². The lowest BCUT2D eigenvalue weighted by atomic mass is 9.82. The van der Waals surface area contributed by atoms with Gasteiger partial charge < -0.3 is 5.32 Å². The zero-order chi connectivity index (χ0) is 12.3. The fourth-order valence-electron chi connectivity index (χ4n) is 2.78. The predicted molar refractivity (Wildman–Crippen MR) is 68.8 cm³/mol. The molecule has 2 heterocycles. The van der Waals surface area contributed by atoms with Crippen LogP contribution in [0.25, 0.3) is 0 Å². The minimum absolute atomic E-state index is 0.235. The Labute approximate surface area is 104 Å². The standard InChI is InChI=1S/C13H24N4/c1-4-8-17-12(14-10-16-17)9-13(11(2)3)6-5-7-15-13/h10-11,15H,4-9H2,1-3H3. The molecule has 0 saturated carbocycles. The van der Waals surface area contributed by atoms with E-state index in [1.54, 1.807) is 6.33 Å². The maximum atomic E-state index is 4.44. The number of nitrogens with zero attached hydrogens (tertiary/aromatic N) is 3. The van der Waals surface area contributed by atoms with Crippen LogP contribution in [-0.2, 0) is 13.0 Å². The van der Waals surface area contributed by atoms with Gasteiger partial charge in [-0.3, -0.25) is 4.68 Å². The summed E-state index contributed by atoms with van der Waals surface area (Å²) in [4.78, 5) is 4.44. The van der Waals surface area contributed by atoms with Crippen molar-refractivity contribution in [3.8, 4) is 0 Å². The molecule has 0 amide bonds. The van der Waals surface area contributed by atoms with E-state index in [1.807, 2.05) is 0 Å². The molecule has 1 aliphatic rings. The van der Waals surface area contributed by atoms with Gasteiger partial charge in [0.1, 0.15) is 12.2 Å². The number of hydrogen-bond acceptors (Lipinski definition) is 3. The first-order valence-corrected chi connectivity index (χ1v) is 6.79. The normalized spacial score (nSPS) is 24.7. The first-order valence-electron chi connectivity index (χ1n) is 6.79. The van der Waals surface area contributed by atoms with E-state index in [4.69, 9.17) is 0 Å². The number of aromatic nitrogens is 3. The summed E-state index contributed by atoms with van der Waals surface area (Å²) in [7, 11) is 0. The Morgan fingerprint density at radius 1 is 1.53 bits per heavy atom. The smallest absolute Gasteiger partial charge is 0.138 e. The average Bonchev–Trinajstić information content (AvgIpc) is 2.91. The Bertz CT molecular complexity index is 350. The van der Waals surface area contributed by atoms with Gasteiger partial charge in [0.05, 0.1) is 0 Å². The summed E-state index contributed by atoms with van der Waals surface area (Å²) in [6.07, 6.45) is 6.33. The second-order valence-corrected chi connectivity index (χ2v) is 5.42. The van der Waals surface area contributed by atoms with E-state index in [-0.39, 0.29) is 5.54 Å². The number of aryl methyl sites for hydroxylation is 1. The predicted octanol–water partition coefficient (Wildman–Crippen LogP) is 2.01. The maximum absolute atomic E-state index is 4.44. The lowest BCUT2D eigenvalue weighted by Crippen LogP contribution is -2.47. The van der Waals surface area contributed by atoms with Crippen molar-refractivity contribution in [1.82, 2.24) is 20.1 Å². The van der Waals surface area contributed by atoms with Crippen molar-refractivity contribution in [2.24, 2.45) is 5.92 Å². The molecule has 0 radical (unpaired) electrons. The van der Waals surface area contributed by atoms with Gasteiger partial charge in [-0.05, 0) is 31.7 Å². The fraction of sp³-hybridized carbons (Fsp3) is 0.846. The Kier molecular flexibility index (Phi) is 3.82.